The van der Waals surface area contributed by atoms with Gasteiger partial charge in [-0.15, -0.1) is 11.3 Å². The van der Waals surface area contributed by atoms with Crippen LogP contribution < -0.4 is 0 Å². The van der Waals surface area contributed by atoms with Crippen molar-refractivity contribution in [3.63, 3.8) is 0 Å². The van der Waals surface area contributed by atoms with Crippen molar-refractivity contribution < 1.29 is 18.7 Å². The highest BCUT2D eigenvalue weighted by atomic mass is 32.1. The Morgan fingerprint density at radius 1 is 1.35 bits per heavy atom. The van der Waals surface area contributed by atoms with Gasteiger partial charge in [0.15, 0.2) is 23.2 Å². The van der Waals surface area contributed by atoms with E-state index in [0.717, 1.165) is 10.2 Å². The molecule has 0 aliphatic heterocycles. The van der Waals surface area contributed by atoms with Gasteiger partial charge in [0.1, 0.15) is 5.92 Å². The molecular formula is C18H13N3O4S. The van der Waals surface area contributed by atoms with E-state index in [4.69, 9.17) is 19.8 Å². The Kier molecular flexibility index (Phi) is 4.91. The lowest BCUT2D eigenvalue weighted by Gasteiger charge is -2.06. The van der Waals surface area contributed by atoms with Crippen molar-refractivity contribution in [2.24, 2.45) is 5.92 Å². The van der Waals surface area contributed by atoms with Crippen molar-refractivity contribution in [1.82, 2.24) is 4.98 Å². The van der Waals surface area contributed by atoms with Gasteiger partial charge in [-0.2, -0.15) is 5.26 Å². The van der Waals surface area contributed by atoms with Crippen LogP contribution in [0.2, 0.25) is 0 Å². The second-order valence-corrected chi connectivity index (χ2v) is 6.47. The van der Waals surface area contributed by atoms with Crippen LogP contribution in [0.15, 0.2) is 40.8 Å². The summed E-state index contributed by atoms with van der Waals surface area (Å²) in [5.41, 5.74) is 0.743. The fourth-order valence-electron chi connectivity index (χ4n) is 2.24. The summed E-state index contributed by atoms with van der Waals surface area (Å²) in [7, 11) is 0. The van der Waals surface area contributed by atoms with Crippen LogP contribution in [0.5, 0.6) is 0 Å². The molecule has 130 valence electrons. The van der Waals surface area contributed by atoms with Crippen LogP contribution in [0.25, 0.3) is 21.0 Å². The number of nitrogens with zero attached hydrogens (tertiary/aromatic N) is 2. The molecular weight excluding hydrogens is 354 g/mol. The van der Waals surface area contributed by atoms with Crippen LogP contribution in [-0.4, -0.2) is 29.1 Å². The fourth-order valence-corrected chi connectivity index (χ4v) is 3.17. The molecule has 0 saturated carbocycles. The van der Waals surface area contributed by atoms with Crippen molar-refractivity contribution in [1.29, 1.82) is 10.7 Å². The molecule has 0 bridgehead atoms. The third kappa shape index (κ3) is 3.53. The summed E-state index contributed by atoms with van der Waals surface area (Å²) in [5.74, 6) is -2.31. The molecule has 0 spiro atoms. The van der Waals surface area contributed by atoms with Crippen LogP contribution in [-0.2, 0) is 9.53 Å². The number of hydrogen-bond donors (Lipinski definition) is 1. The maximum atomic E-state index is 12.0. The lowest BCUT2D eigenvalue weighted by Crippen LogP contribution is -2.25. The predicted molar refractivity (Wildman–Crippen MR) is 95.1 cm³/mol. The van der Waals surface area contributed by atoms with E-state index in [1.807, 2.05) is 24.3 Å². The zero-order valence-electron chi connectivity index (χ0n) is 13.7. The number of ether oxygens (including phenoxy) is 1. The molecule has 2 heterocycles. The number of Topliss-reactive ketones (excluding diaryl/α,β-unsaturated/α-hetero) is 1. The van der Waals surface area contributed by atoms with Gasteiger partial charge >= 0.3 is 5.97 Å². The van der Waals surface area contributed by atoms with Gasteiger partial charge in [-0.25, -0.2) is 9.78 Å². The molecule has 0 radical (unpaired) electrons. The standard InChI is InChI=1S/C18H13N3O4S/c1-10(20)11(8-19)13(22)9-24-18(23)15-7-6-14(25-15)17-21-12-4-2-3-5-16(12)26-17/h2-7,11,20H,9H2,1H3. The van der Waals surface area contributed by atoms with E-state index in [1.165, 1.54) is 24.3 Å². The maximum Gasteiger partial charge on any atom is 0.374 e. The van der Waals surface area contributed by atoms with Gasteiger partial charge in [0.25, 0.3) is 0 Å². The lowest BCUT2D eigenvalue weighted by atomic mass is 10.0. The Morgan fingerprint density at radius 3 is 2.81 bits per heavy atom. The van der Waals surface area contributed by atoms with Crippen molar-refractivity contribution in [2.45, 2.75) is 6.92 Å². The largest absolute Gasteiger partial charge is 0.452 e. The van der Waals surface area contributed by atoms with E-state index < -0.39 is 24.3 Å². The minimum absolute atomic E-state index is 0.0628. The highest BCUT2D eigenvalue weighted by Gasteiger charge is 2.23. The van der Waals surface area contributed by atoms with Gasteiger partial charge in [0.2, 0.25) is 5.76 Å². The molecule has 3 aromatic rings. The summed E-state index contributed by atoms with van der Waals surface area (Å²) in [4.78, 5) is 28.3. The van der Waals surface area contributed by atoms with E-state index in [2.05, 4.69) is 4.98 Å². The molecule has 2 aromatic heterocycles. The average Bonchev–Trinajstić information content (AvgIpc) is 3.26. The van der Waals surface area contributed by atoms with Crippen molar-refractivity contribution >= 4 is 39.0 Å². The third-order valence-corrected chi connectivity index (χ3v) is 4.59. The molecule has 7 nitrogen and oxygen atoms in total. The van der Waals surface area contributed by atoms with Crippen LogP contribution in [0.4, 0.5) is 0 Å². The minimum Gasteiger partial charge on any atom is -0.452 e. The quantitative estimate of drug-likeness (QED) is 0.526. The molecule has 1 atom stereocenters. The second kappa shape index (κ2) is 7.29. The summed E-state index contributed by atoms with van der Waals surface area (Å²) in [6.07, 6.45) is 0. The fraction of sp³-hybridized carbons (Fsp3) is 0.167. The van der Waals surface area contributed by atoms with Gasteiger partial charge in [-0.1, -0.05) is 12.1 Å². The monoisotopic (exact) mass is 367 g/mol. The van der Waals surface area contributed by atoms with Gasteiger partial charge < -0.3 is 14.6 Å². The number of esters is 1. The molecule has 8 heteroatoms. The maximum absolute atomic E-state index is 12.0. The SMILES string of the molecule is CC(=N)C(C#N)C(=O)COC(=O)c1ccc(-c2nc3ccccc3s2)o1. The Morgan fingerprint density at radius 2 is 2.12 bits per heavy atom. The first-order valence-corrected chi connectivity index (χ1v) is 8.41. The Balaban J connectivity index is 1.69. The number of furan rings is 1. The van der Waals surface area contributed by atoms with Crippen molar-refractivity contribution in [2.75, 3.05) is 6.61 Å². The molecule has 3 rings (SSSR count). The number of carbonyl (C=O) groups excluding carboxylic acids is 2. The summed E-state index contributed by atoms with van der Waals surface area (Å²) in [6.45, 7) is 0.759. The summed E-state index contributed by atoms with van der Waals surface area (Å²) in [5, 5.41) is 16.9. The number of nitriles is 1. The lowest BCUT2D eigenvalue weighted by molar-refractivity contribution is -0.122. The molecule has 0 amide bonds. The van der Waals surface area contributed by atoms with E-state index in [1.54, 1.807) is 12.1 Å². The average molecular weight is 367 g/mol. The molecule has 0 aliphatic rings. The zero-order valence-corrected chi connectivity index (χ0v) is 14.5. The number of fused-ring (bicyclic) bond motifs is 1. The van der Waals surface area contributed by atoms with E-state index in [0.29, 0.717) is 10.8 Å². The number of carbonyl (C=O) groups is 2. The highest BCUT2D eigenvalue weighted by molar-refractivity contribution is 7.21. The second-order valence-electron chi connectivity index (χ2n) is 5.44. The van der Waals surface area contributed by atoms with Crippen molar-refractivity contribution in [3.8, 4) is 16.8 Å². The highest BCUT2D eigenvalue weighted by Crippen LogP contribution is 2.31. The number of aromatic nitrogens is 1. The first kappa shape index (κ1) is 17.5. The number of benzene rings is 1. The number of ketones is 1. The third-order valence-electron chi connectivity index (χ3n) is 3.54. The predicted octanol–water partition coefficient (Wildman–Crippen LogP) is 3.46. The van der Waals surface area contributed by atoms with E-state index in [9.17, 15) is 9.59 Å². The van der Waals surface area contributed by atoms with Crippen LogP contribution in [0.1, 0.15) is 17.5 Å². The topological polar surface area (TPSA) is 117 Å². The van der Waals surface area contributed by atoms with Crippen LogP contribution in [0.3, 0.4) is 0 Å². The minimum atomic E-state index is -1.21. The number of hydrogen-bond acceptors (Lipinski definition) is 8. The normalized spacial score (nSPS) is 11.7. The molecule has 1 aromatic carbocycles. The van der Waals surface area contributed by atoms with Crippen LogP contribution >= 0.6 is 11.3 Å². The number of para-hydroxylation sites is 1. The molecule has 1 unspecified atom stereocenters. The van der Waals surface area contributed by atoms with Gasteiger partial charge in [-0.3, -0.25) is 4.79 Å². The Hall–Kier alpha value is -3.31. The molecule has 26 heavy (non-hydrogen) atoms. The molecule has 1 N–H and O–H groups in total. The molecule has 0 saturated heterocycles. The smallest absolute Gasteiger partial charge is 0.374 e. The number of rotatable bonds is 6. The zero-order chi connectivity index (χ0) is 18.7. The summed E-state index contributed by atoms with van der Waals surface area (Å²) >= 11 is 1.43. The summed E-state index contributed by atoms with van der Waals surface area (Å²) in [6, 6.07) is 12.4. The number of thiazole rings is 1. The molecule has 0 fully saturated rings. The first-order valence-electron chi connectivity index (χ1n) is 7.60. The first-order chi connectivity index (χ1) is 12.5. The molecule has 0 aliphatic carbocycles. The van der Waals surface area contributed by atoms with Gasteiger partial charge in [-0.05, 0) is 31.2 Å². The van der Waals surface area contributed by atoms with Crippen LogP contribution in [0, 0.1) is 22.7 Å². The Bertz CT molecular complexity index is 1010. The number of nitrogens with one attached hydrogen (secondary N) is 1. The van der Waals surface area contributed by atoms with E-state index in [-0.39, 0.29) is 11.5 Å². The van der Waals surface area contributed by atoms with Gasteiger partial charge in [0, 0.05) is 5.71 Å². The van der Waals surface area contributed by atoms with E-state index >= 15 is 0 Å². The Labute approximate surface area is 152 Å². The summed E-state index contributed by atoms with van der Waals surface area (Å²) < 4.78 is 11.4. The van der Waals surface area contributed by atoms with Crippen molar-refractivity contribution in [3.05, 3.63) is 42.2 Å². The van der Waals surface area contributed by atoms with Gasteiger partial charge in [0.05, 0.1) is 16.3 Å².